The van der Waals surface area contributed by atoms with E-state index in [0.717, 1.165) is 5.82 Å². The van der Waals surface area contributed by atoms with Gasteiger partial charge in [0.25, 0.3) is 0 Å². The van der Waals surface area contributed by atoms with Crippen molar-refractivity contribution in [3.8, 4) is 0 Å². The van der Waals surface area contributed by atoms with Crippen LogP contribution in [0.1, 0.15) is 0 Å². The molecule has 0 spiro atoms. The van der Waals surface area contributed by atoms with Gasteiger partial charge in [-0.05, 0) is 24.3 Å². The van der Waals surface area contributed by atoms with Crippen LogP contribution >= 0.6 is 0 Å². The summed E-state index contributed by atoms with van der Waals surface area (Å²) >= 11 is 0. The molecular weight excluding hydrogens is 160 g/mol. The highest BCUT2D eigenvalue weighted by Gasteiger charge is 1.98. The minimum Gasteiger partial charge on any atom is -0.309 e. The molecule has 63 valence electrons. The Kier molecular flexibility index (Phi) is 2.23. The second kappa shape index (κ2) is 3.72. The molecule has 2 rings (SSSR count). The van der Waals surface area contributed by atoms with Crippen LogP contribution in [-0.4, -0.2) is 4.98 Å². The molecule has 0 saturated carbocycles. The van der Waals surface area contributed by atoms with Crippen molar-refractivity contribution >= 4 is 5.82 Å². The molecule has 0 aliphatic carbocycles. The van der Waals surface area contributed by atoms with Gasteiger partial charge in [0.2, 0.25) is 0 Å². The highest BCUT2D eigenvalue weighted by atomic mass is 15.1. The maximum absolute atomic E-state index is 4.18. The van der Waals surface area contributed by atoms with Crippen LogP contribution < -0.4 is 4.90 Å². The molecule has 13 heavy (non-hydrogen) atoms. The van der Waals surface area contributed by atoms with Gasteiger partial charge in [0.15, 0.2) is 0 Å². The topological polar surface area (TPSA) is 16.1 Å². The van der Waals surface area contributed by atoms with Crippen molar-refractivity contribution < 1.29 is 0 Å². The van der Waals surface area contributed by atoms with Gasteiger partial charge >= 0.3 is 0 Å². The zero-order valence-corrected chi connectivity index (χ0v) is 7.09. The van der Waals surface area contributed by atoms with Gasteiger partial charge in [0, 0.05) is 24.7 Å². The number of aromatic nitrogens is 1. The fourth-order valence-corrected chi connectivity index (χ4v) is 1.08. The van der Waals surface area contributed by atoms with Crippen molar-refractivity contribution in [1.82, 2.24) is 4.98 Å². The third-order valence-corrected chi connectivity index (χ3v) is 1.69. The molecule has 0 unspecified atom stereocenters. The van der Waals surface area contributed by atoms with E-state index in [-0.39, 0.29) is 0 Å². The van der Waals surface area contributed by atoms with Gasteiger partial charge in [-0.25, -0.2) is 4.98 Å². The average molecular weight is 169 g/mol. The molecule has 1 aromatic heterocycles. The van der Waals surface area contributed by atoms with Crippen LogP contribution in [0.25, 0.3) is 0 Å². The molecule has 1 aliphatic heterocycles. The van der Waals surface area contributed by atoms with Crippen LogP contribution in [0, 0.1) is 6.07 Å². The normalized spacial score (nSPS) is 14.6. The second-order valence-electron chi connectivity index (χ2n) is 2.59. The maximum atomic E-state index is 4.18. The van der Waals surface area contributed by atoms with Crippen molar-refractivity contribution in [2.24, 2.45) is 0 Å². The van der Waals surface area contributed by atoms with Gasteiger partial charge < -0.3 is 4.90 Å². The lowest BCUT2D eigenvalue weighted by molar-refractivity contribution is 1.17. The maximum Gasteiger partial charge on any atom is 0.136 e. The number of anilines is 1. The lowest BCUT2D eigenvalue weighted by atomic mass is 10.4. The van der Waals surface area contributed by atoms with Gasteiger partial charge in [-0.3, -0.25) is 0 Å². The minimum atomic E-state index is 0.898. The number of pyridine rings is 1. The molecular formula is C11H9N2. The summed E-state index contributed by atoms with van der Waals surface area (Å²) in [6, 6.07) is 6.65. The second-order valence-corrected chi connectivity index (χ2v) is 2.59. The first-order chi connectivity index (χ1) is 6.47. The fourth-order valence-electron chi connectivity index (χ4n) is 1.08. The molecule has 1 aliphatic rings. The number of hydrogen-bond donors (Lipinski definition) is 0. The summed E-state index contributed by atoms with van der Waals surface area (Å²) in [5, 5.41) is 0. The van der Waals surface area contributed by atoms with Crippen molar-refractivity contribution in [2.45, 2.75) is 0 Å². The van der Waals surface area contributed by atoms with Crippen LogP contribution in [0.3, 0.4) is 0 Å². The quantitative estimate of drug-likeness (QED) is 0.641. The highest BCUT2D eigenvalue weighted by Crippen LogP contribution is 2.11. The SMILES string of the molecule is [c]1ccc(N2C=CC=CC=C2)nc1. The highest BCUT2D eigenvalue weighted by molar-refractivity contribution is 5.47. The summed E-state index contributed by atoms with van der Waals surface area (Å²) in [6.45, 7) is 0. The molecule has 0 atom stereocenters. The summed E-state index contributed by atoms with van der Waals surface area (Å²) in [5.74, 6) is 0.898. The molecule has 2 heterocycles. The van der Waals surface area contributed by atoms with Crippen LogP contribution in [0.5, 0.6) is 0 Å². The zero-order valence-electron chi connectivity index (χ0n) is 7.09. The Morgan fingerprint density at radius 3 is 2.46 bits per heavy atom. The van der Waals surface area contributed by atoms with E-state index < -0.39 is 0 Å². The summed E-state index contributed by atoms with van der Waals surface area (Å²) in [4.78, 5) is 6.14. The van der Waals surface area contributed by atoms with Gasteiger partial charge in [0.05, 0.1) is 0 Å². The standard InChI is InChI=1S/C11H9N2/c1-2-6-10-13(9-5-1)11-7-3-4-8-12-11/h1-3,5-10H. The third-order valence-electron chi connectivity index (χ3n) is 1.69. The molecule has 0 amide bonds. The van der Waals surface area contributed by atoms with Crippen molar-refractivity contribution in [2.75, 3.05) is 4.90 Å². The molecule has 0 bridgehead atoms. The fraction of sp³-hybridized carbons (Fsp3) is 0. The Bertz CT molecular complexity index is 334. The van der Waals surface area contributed by atoms with Crippen LogP contribution in [0.2, 0.25) is 0 Å². The first kappa shape index (κ1) is 7.80. The third kappa shape index (κ3) is 1.85. The Labute approximate surface area is 77.5 Å². The smallest absolute Gasteiger partial charge is 0.136 e. The predicted octanol–water partition coefficient (Wildman–Crippen LogP) is 2.29. The first-order valence-corrected chi connectivity index (χ1v) is 4.09. The Hall–Kier alpha value is -1.83. The van der Waals surface area contributed by atoms with E-state index in [2.05, 4.69) is 11.1 Å². The van der Waals surface area contributed by atoms with Crippen LogP contribution in [0.4, 0.5) is 5.82 Å². The van der Waals surface area contributed by atoms with E-state index >= 15 is 0 Å². The minimum absolute atomic E-state index is 0.898. The van der Waals surface area contributed by atoms with Crippen molar-refractivity contribution in [3.63, 3.8) is 0 Å². The van der Waals surface area contributed by atoms with Gasteiger partial charge in [-0.2, -0.15) is 0 Å². The lowest BCUT2D eigenvalue weighted by Crippen LogP contribution is -2.07. The summed E-state index contributed by atoms with van der Waals surface area (Å²) in [5.41, 5.74) is 0. The van der Waals surface area contributed by atoms with Crippen molar-refractivity contribution in [3.05, 3.63) is 61.1 Å². The van der Waals surface area contributed by atoms with Gasteiger partial charge in [0.1, 0.15) is 5.82 Å². The number of allylic oxidation sites excluding steroid dienone is 4. The van der Waals surface area contributed by atoms with Crippen LogP contribution in [-0.2, 0) is 0 Å². The molecule has 0 fully saturated rings. The van der Waals surface area contributed by atoms with Gasteiger partial charge in [-0.15, -0.1) is 0 Å². The zero-order chi connectivity index (χ0) is 8.93. The summed E-state index contributed by atoms with van der Waals surface area (Å²) in [6.07, 6.45) is 13.5. The monoisotopic (exact) mass is 169 g/mol. The Morgan fingerprint density at radius 1 is 1.08 bits per heavy atom. The number of rotatable bonds is 1. The molecule has 0 aromatic carbocycles. The Balaban J connectivity index is 2.27. The van der Waals surface area contributed by atoms with E-state index in [1.807, 2.05) is 53.7 Å². The van der Waals surface area contributed by atoms with Crippen molar-refractivity contribution in [1.29, 1.82) is 0 Å². The molecule has 0 saturated heterocycles. The predicted molar refractivity (Wildman–Crippen MR) is 53.0 cm³/mol. The van der Waals surface area contributed by atoms with E-state index in [4.69, 9.17) is 0 Å². The first-order valence-electron chi connectivity index (χ1n) is 4.09. The molecule has 2 nitrogen and oxygen atoms in total. The number of hydrogen-bond acceptors (Lipinski definition) is 2. The number of nitrogens with zero attached hydrogens (tertiary/aromatic N) is 2. The van der Waals surface area contributed by atoms with E-state index in [9.17, 15) is 0 Å². The van der Waals surface area contributed by atoms with E-state index in [1.165, 1.54) is 0 Å². The Morgan fingerprint density at radius 2 is 1.85 bits per heavy atom. The molecule has 1 radical (unpaired) electrons. The van der Waals surface area contributed by atoms with E-state index in [1.54, 1.807) is 6.20 Å². The molecule has 2 heteroatoms. The van der Waals surface area contributed by atoms with Gasteiger partial charge in [-0.1, -0.05) is 12.2 Å². The average Bonchev–Trinajstić information content (AvgIpc) is 2.47. The van der Waals surface area contributed by atoms with E-state index in [0.29, 0.717) is 0 Å². The molecule has 0 N–H and O–H groups in total. The summed E-state index contributed by atoms with van der Waals surface area (Å²) in [7, 11) is 0. The molecule has 1 aromatic rings. The van der Waals surface area contributed by atoms with Crippen LogP contribution in [0.15, 0.2) is 55.0 Å². The summed E-state index contributed by atoms with van der Waals surface area (Å²) < 4.78 is 0. The largest absolute Gasteiger partial charge is 0.309 e. The lowest BCUT2D eigenvalue weighted by Gasteiger charge is -2.12.